The Bertz CT molecular complexity index is 557. The molecule has 1 saturated heterocycles. The number of fused-ring (bicyclic) bond motifs is 1. The normalized spacial score (nSPS) is 25.5. The van der Waals surface area contributed by atoms with Crippen LogP contribution in [0.5, 0.6) is 0 Å². The fraction of sp³-hybridized carbons (Fsp3) is 0.562. The maximum Gasteiger partial charge on any atom is 0.266 e. The highest BCUT2D eigenvalue weighted by molar-refractivity contribution is 5.96. The molecule has 120 valence electrons. The molecule has 1 unspecified atom stereocenters. The van der Waals surface area contributed by atoms with E-state index < -0.39 is 12.0 Å². The maximum atomic E-state index is 12.8. The predicted molar refractivity (Wildman–Crippen MR) is 78.9 cm³/mol. The number of piperidine rings is 1. The van der Waals surface area contributed by atoms with Gasteiger partial charge < -0.3 is 10.4 Å². The minimum absolute atomic E-state index is 0.00138. The van der Waals surface area contributed by atoms with Crippen molar-refractivity contribution in [3.63, 3.8) is 0 Å². The third-order valence-corrected chi connectivity index (χ3v) is 4.78. The van der Waals surface area contributed by atoms with E-state index in [4.69, 9.17) is 0 Å². The van der Waals surface area contributed by atoms with Crippen molar-refractivity contribution in [2.45, 2.75) is 43.8 Å². The number of aryl methyl sites for hydroxylation is 1. The molecule has 1 fully saturated rings. The highest BCUT2D eigenvalue weighted by Gasteiger charge is 2.43. The van der Waals surface area contributed by atoms with Crippen molar-refractivity contribution in [1.29, 1.82) is 0 Å². The van der Waals surface area contributed by atoms with Gasteiger partial charge in [-0.25, -0.2) is 8.78 Å². The zero-order valence-corrected chi connectivity index (χ0v) is 12.3. The first-order valence-corrected chi connectivity index (χ1v) is 7.63. The van der Waals surface area contributed by atoms with Crippen LogP contribution in [0.25, 0.3) is 0 Å². The molecular weight excluding hydrogens is 290 g/mol. The molecule has 2 aliphatic heterocycles. The average molecular weight is 310 g/mol. The minimum Gasteiger partial charge on any atom is -0.384 e. The fourth-order valence-electron chi connectivity index (χ4n) is 3.29. The molecule has 2 N–H and O–H groups in total. The van der Waals surface area contributed by atoms with E-state index >= 15 is 0 Å². The summed E-state index contributed by atoms with van der Waals surface area (Å²) in [6.45, 7) is 0.630. The molecule has 1 amide bonds. The van der Waals surface area contributed by atoms with Crippen LogP contribution >= 0.6 is 0 Å². The van der Waals surface area contributed by atoms with Gasteiger partial charge in [0.2, 0.25) is 5.91 Å². The van der Waals surface area contributed by atoms with Crippen LogP contribution in [0, 0.1) is 0 Å². The van der Waals surface area contributed by atoms with Crippen LogP contribution in [-0.2, 0) is 11.2 Å². The van der Waals surface area contributed by atoms with Crippen molar-refractivity contribution in [3.05, 3.63) is 29.8 Å². The molecule has 2 aliphatic rings. The van der Waals surface area contributed by atoms with E-state index in [0.29, 0.717) is 19.5 Å². The second-order valence-corrected chi connectivity index (χ2v) is 6.14. The van der Waals surface area contributed by atoms with Gasteiger partial charge in [0.1, 0.15) is 5.60 Å². The molecule has 0 aromatic heterocycles. The van der Waals surface area contributed by atoms with Gasteiger partial charge in [-0.1, -0.05) is 18.2 Å². The number of alkyl halides is 2. The van der Waals surface area contributed by atoms with E-state index in [-0.39, 0.29) is 24.8 Å². The number of nitrogens with one attached hydrogen (secondary N) is 1. The number of anilines is 1. The summed E-state index contributed by atoms with van der Waals surface area (Å²) >= 11 is 0. The van der Waals surface area contributed by atoms with E-state index in [1.165, 1.54) is 0 Å². The first-order chi connectivity index (χ1) is 10.5. The summed E-state index contributed by atoms with van der Waals surface area (Å²) < 4.78 is 25.7. The number of halogens is 2. The maximum absolute atomic E-state index is 12.8. The molecule has 1 aromatic rings. The predicted octanol–water partition coefficient (Wildman–Crippen LogP) is 2.03. The zero-order chi connectivity index (χ0) is 15.7. The Balaban J connectivity index is 1.68. The van der Waals surface area contributed by atoms with Crippen molar-refractivity contribution in [1.82, 2.24) is 4.90 Å². The Morgan fingerprint density at radius 2 is 1.95 bits per heavy atom. The molecule has 22 heavy (non-hydrogen) atoms. The third-order valence-electron chi connectivity index (χ3n) is 4.78. The van der Waals surface area contributed by atoms with Crippen molar-refractivity contribution < 1.29 is 18.7 Å². The second kappa shape index (κ2) is 5.93. The van der Waals surface area contributed by atoms with Crippen LogP contribution in [0.1, 0.15) is 24.8 Å². The van der Waals surface area contributed by atoms with E-state index in [0.717, 1.165) is 17.7 Å². The molecule has 0 aliphatic carbocycles. The molecule has 1 atom stereocenters. The summed E-state index contributed by atoms with van der Waals surface area (Å²) in [6.07, 6.45) is -1.30. The van der Waals surface area contributed by atoms with Gasteiger partial charge in [-0.05, 0) is 37.3 Å². The summed E-state index contributed by atoms with van der Waals surface area (Å²) in [5, 5.41) is 12.8. The topological polar surface area (TPSA) is 52.6 Å². The molecule has 3 rings (SSSR count). The van der Waals surface area contributed by atoms with Crippen LogP contribution in [0.4, 0.5) is 14.5 Å². The number of hydrogen-bond donors (Lipinski definition) is 2. The van der Waals surface area contributed by atoms with Gasteiger partial charge >= 0.3 is 0 Å². The molecule has 0 radical (unpaired) electrons. The first-order valence-electron chi connectivity index (χ1n) is 7.63. The van der Waals surface area contributed by atoms with Crippen molar-refractivity contribution in [3.8, 4) is 0 Å². The smallest absolute Gasteiger partial charge is 0.266 e. The standard InChI is InChI=1S/C16H20F2N2O2/c17-15(18)16(22)7-9-20(10-8-16)13-6-5-11-3-1-2-4-12(11)19-14(13)21/h1-4,13,15,22H,5-10H2,(H,19,21). The molecule has 0 bridgehead atoms. The molecule has 6 heteroatoms. The summed E-state index contributed by atoms with van der Waals surface area (Å²) in [5.41, 5.74) is 0.0243. The van der Waals surface area contributed by atoms with Gasteiger partial charge in [-0.15, -0.1) is 0 Å². The minimum atomic E-state index is -2.73. The molecule has 0 saturated carbocycles. The number of benzene rings is 1. The summed E-state index contributed by atoms with van der Waals surface area (Å²) in [4.78, 5) is 14.3. The molecule has 2 heterocycles. The molecule has 0 spiro atoms. The number of nitrogens with zero attached hydrogens (tertiary/aromatic N) is 1. The Morgan fingerprint density at radius 3 is 2.64 bits per heavy atom. The third kappa shape index (κ3) is 2.85. The van der Waals surface area contributed by atoms with Gasteiger partial charge in [0.25, 0.3) is 6.43 Å². The van der Waals surface area contributed by atoms with E-state index in [9.17, 15) is 18.7 Å². The summed E-state index contributed by atoms with van der Waals surface area (Å²) in [6, 6.07) is 7.36. The number of carbonyl (C=O) groups is 1. The zero-order valence-electron chi connectivity index (χ0n) is 12.3. The monoisotopic (exact) mass is 310 g/mol. The lowest BCUT2D eigenvalue weighted by Gasteiger charge is -2.40. The lowest BCUT2D eigenvalue weighted by molar-refractivity contribution is -0.137. The van der Waals surface area contributed by atoms with E-state index in [2.05, 4.69) is 5.32 Å². The quantitative estimate of drug-likeness (QED) is 0.879. The van der Waals surface area contributed by atoms with Gasteiger partial charge in [0, 0.05) is 18.8 Å². The Morgan fingerprint density at radius 1 is 1.27 bits per heavy atom. The van der Waals surface area contributed by atoms with Crippen LogP contribution in [0.15, 0.2) is 24.3 Å². The SMILES string of the molecule is O=C1Nc2ccccc2CCC1N1CCC(O)(C(F)F)CC1. The summed E-state index contributed by atoms with van der Waals surface area (Å²) in [5.74, 6) is -0.0903. The van der Waals surface area contributed by atoms with E-state index in [1.54, 1.807) is 0 Å². The van der Waals surface area contributed by atoms with Crippen molar-refractivity contribution in [2.75, 3.05) is 18.4 Å². The highest BCUT2D eigenvalue weighted by Crippen LogP contribution is 2.31. The highest BCUT2D eigenvalue weighted by atomic mass is 19.3. The van der Waals surface area contributed by atoms with Crippen LogP contribution < -0.4 is 5.32 Å². The number of likely N-dealkylation sites (tertiary alicyclic amines) is 1. The van der Waals surface area contributed by atoms with Gasteiger partial charge in [0.05, 0.1) is 6.04 Å². The van der Waals surface area contributed by atoms with Crippen LogP contribution in [-0.4, -0.2) is 47.1 Å². The van der Waals surface area contributed by atoms with Gasteiger partial charge in [-0.3, -0.25) is 9.69 Å². The largest absolute Gasteiger partial charge is 0.384 e. The van der Waals surface area contributed by atoms with Gasteiger partial charge in [0.15, 0.2) is 0 Å². The average Bonchev–Trinajstić information content (AvgIpc) is 2.66. The number of hydrogen-bond acceptors (Lipinski definition) is 3. The Labute approximate surface area is 128 Å². The lowest BCUT2D eigenvalue weighted by atomic mass is 9.90. The first kappa shape index (κ1) is 15.4. The number of carbonyl (C=O) groups excluding carboxylic acids is 1. The van der Waals surface area contributed by atoms with Crippen LogP contribution in [0.2, 0.25) is 0 Å². The Hall–Kier alpha value is -1.53. The molecular formula is C16H20F2N2O2. The number of aliphatic hydroxyl groups is 1. The van der Waals surface area contributed by atoms with Crippen LogP contribution in [0.3, 0.4) is 0 Å². The Kier molecular flexibility index (Phi) is 4.14. The van der Waals surface area contributed by atoms with Crippen molar-refractivity contribution in [2.24, 2.45) is 0 Å². The van der Waals surface area contributed by atoms with E-state index in [1.807, 2.05) is 29.2 Å². The fourth-order valence-corrected chi connectivity index (χ4v) is 3.29. The van der Waals surface area contributed by atoms with Crippen molar-refractivity contribution >= 4 is 11.6 Å². The number of rotatable bonds is 2. The number of para-hydroxylation sites is 1. The lowest BCUT2D eigenvalue weighted by Crippen LogP contribution is -2.54. The van der Waals surface area contributed by atoms with Gasteiger partial charge in [-0.2, -0.15) is 0 Å². The summed E-state index contributed by atoms with van der Waals surface area (Å²) in [7, 11) is 0. The second-order valence-electron chi connectivity index (χ2n) is 6.14. The number of amides is 1. The molecule has 1 aromatic carbocycles. The molecule has 4 nitrogen and oxygen atoms in total.